The standard InChI is InChI=1S/C27H29N5O3S/c33-26(27-12-17-9-18(13-27)11-19(10-17)14-27)31-25-21-6-8-32(15-22(21)29-16-30-25)36(34,35)23-5-1-3-20-4-2-7-28-24(20)23/h1-5,7,16-19H,6,8-15H2,(H,29,30,31,33). The van der Waals surface area contributed by atoms with Crippen LogP contribution in [0.3, 0.4) is 0 Å². The van der Waals surface area contributed by atoms with Gasteiger partial charge in [0.05, 0.1) is 23.2 Å². The zero-order valence-electron chi connectivity index (χ0n) is 20.1. The minimum absolute atomic E-state index is 0.0966. The minimum atomic E-state index is -3.77. The number of pyridine rings is 1. The first-order chi connectivity index (χ1) is 17.4. The van der Waals surface area contributed by atoms with E-state index >= 15 is 0 Å². The number of carbonyl (C=O) groups excluding carboxylic acids is 1. The summed E-state index contributed by atoms with van der Waals surface area (Å²) < 4.78 is 28.7. The molecule has 4 bridgehead atoms. The van der Waals surface area contributed by atoms with E-state index in [4.69, 9.17) is 0 Å². The number of sulfonamides is 1. The molecule has 0 saturated heterocycles. The number of benzene rings is 1. The quantitative estimate of drug-likeness (QED) is 0.579. The Morgan fingerprint density at radius 3 is 2.44 bits per heavy atom. The molecule has 1 N–H and O–H groups in total. The number of nitrogens with one attached hydrogen (secondary N) is 1. The Balaban J connectivity index is 1.15. The summed E-state index contributed by atoms with van der Waals surface area (Å²) in [4.78, 5) is 27.0. The number of nitrogens with zero attached hydrogens (tertiary/aromatic N) is 4. The van der Waals surface area contributed by atoms with Crippen LogP contribution in [0.25, 0.3) is 10.9 Å². The van der Waals surface area contributed by atoms with Crippen molar-refractivity contribution in [1.29, 1.82) is 0 Å². The molecule has 36 heavy (non-hydrogen) atoms. The maximum atomic E-state index is 13.6. The number of hydrogen-bond donors (Lipinski definition) is 1. The smallest absolute Gasteiger partial charge is 0.245 e. The number of fused-ring (bicyclic) bond motifs is 2. The molecule has 4 saturated carbocycles. The van der Waals surface area contributed by atoms with Gasteiger partial charge in [-0.05, 0) is 74.8 Å². The van der Waals surface area contributed by atoms with E-state index in [0.717, 1.165) is 30.2 Å². The fourth-order valence-electron chi connectivity index (χ4n) is 7.70. The van der Waals surface area contributed by atoms with Crippen molar-refractivity contribution >= 4 is 32.7 Å². The number of carbonyl (C=O) groups is 1. The number of anilines is 1. The molecule has 4 fully saturated rings. The summed E-state index contributed by atoms with van der Waals surface area (Å²) in [7, 11) is -3.77. The van der Waals surface area contributed by atoms with Crippen molar-refractivity contribution in [3.63, 3.8) is 0 Å². The van der Waals surface area contributed by atoms with Crippen molar-refractivity contribution in [2.24, 2.45) is 23.2 Å². The van der Waals surface area contributed by atoms with E-state index in [9.17, 15) is 13.2 Å². The van der Waals surface area contributed by atoms with Crippen LogP contribution < -0.4 is 5.32 Å². The Morgan fingerprint density at radius 2 is 1.69 bits per heavy atom. The fraction of sp³-hybridized carbons (Fsp3) is 0.481. The van der Waals surface area contributed by atoms with Crippen molar-refractivity contribution in [3.05, 3.63) is 54.1 Å². The summed E-state index contributed by atoms with van der Waals surface area (Å²) >= 11 is 0. The third kappa shape index (κ3) is 3.47. The summed E-state index contributed by atoms with van der Waals surface area (Å²) in [6.07, 6.45) is 10.3. The lowest BCUT2D eigenvalue weighted by atomic mass is 9.49. The summed E-state index contributed by atoms with van der Waals surface area (Å²) in [5.41, 5.74) is 1.70. The Labute approximate surface area is 210 Å². The van der Waals surface area contributed by atoms with Crippen molar-refractivity contribution in [2.45, 2.75) is 56.4 Å². The van der Waals surface area contributed by atoms with E-state index in [1.165, 1.54) is 29.9 Å². The molecule has 186 valence electrons. The van der Waals surface area contributed by atoms with Gasteiger partial charge in [0.2, 0.25) is 15.9 Å². The van der Waals surface area contributed by atoms with E-state index in [1.54, 1.807) is 24.4 Å². The summed E-state index contributed by atoms with van der Waals surface area (Å²) in [5.74, 6) is 2.69. The van der Waals surface area contributed by atoms with Gasteiger partial charge in [0, 0.05) is 23.7 Å². The van der Waals surface area contributed by atoms with Gasteiger partial charge in [-0.3, -0.25) is 9.78 Å². The third-order valence-corrected chi connectivity index (χ3v) is 10.8. The van der Waals surface area contributed by atoms with E-state index in [-0.39, 0.29) is 22.8 Å². The molecule has 2 aromatic heterocycles. The zero-order valence-corrected chi connectivity index (χ0v) is 20.9. The molecular formula is C27H29N5O3S. The molecule has 0 radical (unpaired) electrons. The lowest BCUT2D eigenvalue weighted by Gasteiger charge is -2.55. The van der Waals surface area contributed by atoms with Crippen molar-refractivity contribution in [3.8, 4) is 0 Å². The Bertz CT molecular complexity index is 1450. The predicted octanol–water partition coefficient (Wildman–Crippen LogP) is 3.93. The Kier molecular flexibility index (Phi) is 4.98. The summed E-state index contributed by atoms with van der Waals surface area (Å²) in [6.45, 7) is 0.440. The maximum Gasteiger partial charge on any atom is 0.245 e. The second-order valence-corrected chi connectivity index (χ2v) is 13.1. The van der Waals surface area contributed by atoms with Crippen LogP contribution in [0.4, 0.5) is 5.82 Å². The third-order valence-electron chi connectivity index (χ3n) is 8.94. The summed E-state index contributed by atoms with van der Waals surface area (Å²) in [5, 5.41) is 3.95. The molecule has 9 heteroatoms. The Morgan fingerprint density at radius 1 is 0.972 bits per heavy atom. The molecule has 1 amide bonds. The van der Waals surface area contributed by atoms with Crippen LogP contribution >= 0.6 is 0 Å². The molecule has 1 aromatic carbocycles. The molecule has 1 aliphatic heterocycles. The number of aromatic nitrogens is 3. The molecule has 8 rings (SSSR count). The van der Waals surface area contributed by atoms with E-state index < -0.39 is 10.0 Å². The van der Waals surface area contributed by atoms with Gasteiger partial charge in [-0.2, -0.15) is 4.31 Å². The predicted molar refractivity (Wildman–Crippen MR) is 134 cm³/mol. The van der Waals surface area contributed by atoms with Crippen molar-refractivity contribution in [1.82, 2.24) is 19.3 Å². The number of amides is 1. The molecule has 5 aliphatic rings. The van der Waals surface area contributed by atoms with Crippen LogP contribution in [0, 0.1) is 23.2 Å². The number of hydrogen-bond acceptors (Lipinski definition) is 6. The van der Waals surface area contributed by atoms with Gasteiger partial charge in [0.1, 0.15) is 17.0 Å². The van der Waals surface area contributed by atoms with Gasteiger partial charge >= 0.3 is 0 Å². The lowest BCUT2D eigenvalue weighted by molar-refractivity contribution is -0.140. The van der Waals surface area contributed by atoms with Crippen molar-refractivity contribution < 1.29 is 13.2 Å². The molecule has 0 atom stereocenters. The van der Waals surface area contributed by atoms with Crippen LogP contribution in [0.5, 0.6) is 0 Å². The summed E-state index contributed by atoms with van der Waals surface area (Å²) in [6, 6.07) is 8.87. The second kappa shape index (κ2) is 8.05. The van der Waals surface area contributed by atoms with Gasteiger partial charge in [-0.1, -0.05) is 18.2 Å². The van der Waals surface area contributed by atoms with Crippen LogP contribution in [0.2, 0.25) is 0 Å². The zero-order chi connectivity index (χ0) is 24.5. The van der Waals surface area contributed by atoms with Gasteiger partial charge in [0.25, 0.3) is 0 Å². The number of rotatable bonds is 4. The number of para-hydroxylation sites is 1. The maximum absolute atomic E-state index is 13.6. The molecule has 3 aromatic rings. The monoisotopic (exact) mass is 503 g/mol. The highest BCUT2D eigenvalue weighted by atomic mass is 32.2. The first-order valence-electron chi connectivity index (χ1n) is 12.9. The SMILES string of the molecule is O=C(Nc1ncnc2c1CCN(S(=O)(=O)c1cccc3cccnc13)C2)C12CC3CC(CC(C3)C1)C2. The topological polar surface area (TPSA) is 105 Å². The Hall–Kier alpha value is -2.91. The largest absolute Gasteiger partial charge is 0.310 e. The highest BCUT2D eigenvalue weighted by molar-refractivity contribution is 7.89. The van der Waals surface area contributed by atoms with Crippen LogP contribution in [0.1, 0.15) is 49.8 Å². The van der Waals surface area contributed by atoms with Crippen LogP contribution in [0.15, 0.2) is 47.8 Å². The lowest BCUT2D eigenvalue weighted by Crippen LogP contribution is -2.52. The highest BCUT2D eigenvalue weighted by Crippen LogP contribution is 2.60. The molecular weight excluding hydrogens is 474 g/mol. The first-order valence-corrected chi connectivity index (χ1v) is 14.3. The fourth-order valence-corrected chi connectivity index (χ4v) is 9.26. The molecule has 3 heterocycles. The van der Waals surface area contributed by atoms with E-state index in [0.29, 0.717) is 47.7 Å². The van der Waals surface area contributed by atoms with Crippen molar-refractivity contribution in [2.75, 3.05) is 11.9 Å². The molecule has 4 aliphatic carbocycles. The average molecular weight is 504 g/mol. The van der Waals surface area contributed by atoms with Gasteiger partial charge < -0.3 is 5.32 Å². The van der Waals surface area contributed by atoms with Crippen LogP contribution in [-0.2, 0) is 27.8 Å². The van der Waals surface area contributed by atoms with Gasteiger partial charge in [-0.25, -0.2) is 18.4 Å². The highest BCUT2D eigenvalue weighted by Gasteiger charge is 2.54. The molecule has 0 unspecified atom stereocenters. The molecule has 0 spiro atoms. The first kappa shape index (κ1) is 22.3. The van der Waals surface area contributed by atoms with E-state index in [2.05, 4.69) is 20.3 Å². The second-order valence-electron chi connectivity index (χ2n) is 11.2. The van der Waals surface area contributed by atoms with Crippen LogP contribution in [-0.4, -0.2) is 40.1 Å². The van der Waals surface area contributed by atoms with Gasteiger partial charge in [-0.15, -0.1) is 0 Å². The average Bonchev–Trinajstić information content (AvgIpc) is 2.87. The molecule has 8 nitrogen and oxygen atoms in total. The normalized spacial score (nSPS) is 29.3. The minimum Gasteiger partial charge on any atom is -0.310 e. The van der Waals surface area contributed by atoms with Gasteiger partial charge in [0.15, 0.2) is 0 Å². The van der Waals surface area contributed by atoms with E-state index in [1.807, 2.05) is 12.1 Å².